The number of fused-ring (bicyclic) bond motifs is 2. The normalized spacial score (nSPS) is 13.2. The van der Waals surface area contributed by atoms with E-state index < -0.39 is 0 Å². The van der Waals surface area contributed by atoms with Crippen LogP contribution in [0.5, 0.6) is 11.5 Å². The Morgan fingerprint density at radius 1 is 1.18 bits per heavy atom. The van der Waals surface area contributed by atoms with Crippen LogP contribution in [0.3, 0.4) is 0 Å². The van der Waals surface area contributed by atoms with E-state index in [1.54, 1.807) is 12.2 Å². The fraction of sp³-hybridized carbons (Fsp3) is 0.273. The minimum absolute atomic E-state index is 0.109. The number of para-hydroxylation sites is 2. The Morgan fingerprint density at radius 2 is 2.00 bits per heavy atom. The van der Waals surface area contributed by atoms with Gasteiger partial charge >= 0.3 is 0 Å². The maximum absolute atomic E-state index is 12.1. The molecule has 3 aromatic rings. The molecule has 2 aromatic carbocycles. The first-order chi connectivity index (χ1) is 13.7. The number of carbonyl (C=O) groups is 1. The lowest BCUT2D eigenvalue weighted by Crippen LogP contribution is -2.23. The molecule has 0 aliphatic carbocycles. The number of amides is 1. The summed E-state index contributed by atoms with van der Waals surface area (Å²) in [5.74, 6) is 2.35. The van der Waals surface area contributed by atoms with Gasteiger partial charge in [0.25, 0.3) is 0 Å². The molecule has 0 fully saturated rings. The number of imidazole rings is 1. The molecule has 1 aromatic heterocycles. The first-order valence-corrected chi connectivity index (χ1v) is 9.48. The van der Waals surface area contributed by atoms with Gasteiger partial charge in [-0.3, -0.25) is 4.79 Å². The van der Waals surface area contributed by atoms with Gasteiger partial charge in [0.2, 0.25) is 5.91 Å². The Kier molecular flexibility index (Phi) is 5.28. The molecule has 28 heavy (non-hydrogen) atoms. The van der Waals surface area contributed by atoms with Crippen molar-refractivity contribution in [1.29, 1.82) is 0 Å². The summed E-state index contributed by atoms with van der Waals surface area (Å²) in [6, 6.07) is 13.8. The van der Waals surface area contributed by atoms with Crippen LogP contribution in [0.15, 0.2) is 48.5 Å². The van der Waals surface area contributed by atoms with Crippen LogP contribution >= 0.6 is 0 Å². The fourth-order valence-corrected chi connectivity index (χ4v) is 3.32. The minimum atomic E-state index is -0.109. The van der Waals surface area contributed by atoms with Crippen molar-refractivity contribution in [1.82, 2.24) is 14.9 Å². The smallest absolute Gasteiger partial charge is 0.244 e. The number of rotatable bonds is 6. The number of benzene rings is 2. The van der Waals surface area contributed by atoms with Crippen LogP contribution in [-0.4, -0.2) is 35.2 Å². The summed E-state index contributed by atoms with van der Waals surface area (Å²) in [6.45, 7) is 4.55. The molecule has 1 amide bonds. The largest absolute Gasteiger partial charge is 0.486 e. The van der Waals surface area contributed by atoms with Gasteiger partial charge in [-0.1, -0.05) is 18.2 Å². The molecule has 0 spiro atoms. The third kappa shape index (κ3) is 4.01. The number of carbonyl (C=O) groups excluding carboxylic acids is 1. The molecule has 1 aliphatic rings. The first kappa shape index (κ1) is 18.1. The number of nitrogens with zero attached hydrogens (tertiary/aromatic N) is 2. The highest BCUT2D eigenvalue weighted by Crippen LogP contribution is 2.31. The van der Waals surface area contributed by atoms with Crippen LogP contribution in [-0.2, 0) is 11.3 Å². The maximum atomic E-state index is 12.1. The lowest BCUT2D eigenvalue weighted by molar-refractivity contribution is -0.116. The van der Waals surface area contributed by atoms with Crippen molar-refractivity contribution < 1.29 is 14.3 Å². The Hall–Kier alpha value is -3.28. The second-order valence-electron chi connectivity index (χ2n) is 6.68. The summed E-state index contributed by atoms with van der Waals surface area (Å²) in [7, 11) is 0. The lowest BCUT2D eigenvalue weighted by Gasteiger charge is -2.18. The predicted octanol–water partition coefficient (Wildman–Crippen LogP) is 3.34. The molecule has 1 N–H and O–H groups in total. The van der Waals surface area contributed by atoms with Crippen LogP contribution in [0.2, 0.25) is 0 Å². The van der Waals surface area contributed by atoms with Gasteiger partial charge in [-0.2, -0.15) is 0 Å². The van der Waals surface area contributed by atoms with E-state index in [2.05, 4.69) is 20.9 Å². The maximum Gasteiger partial charge on any atom is 0.244 e. The van der Waals surface area contributed by atoms with Crippen LogP contribution in [0.25, 0.3) is 17.1 Å². The number of ether oxygens (including phenoxy) is 2. The van der Waals surface area contributed by atoms with E-state index in [4.69, 9.17) is 9.47 Å². The van der Waals surface area contributed by atoms with Gasteiger partial charge in [0.1, 0.15) is 19.0 Å². The second kappa shape index (κ2) is 8.17. The average Bonchev–Trinajstić information content (AvgIpc) is 3.04. The van der Waals surface area contributed by atoms with E-state index in [1.807, 2.05) is 43.3 Å². The Balaban J connectivity index is 1.28. The van der Waals surface area contributed by atoms with Gasteiger partial charge in [0.05, 0.1) is 11.0 Å². The molecule has 1 aliphatic heterocycles. The molecule has 0 saturated carbocycles. The molecule has 2 heterocycles. The third-order valence-corrected chi connectivity index (χ3v) is 4.70. The number of nitrogens with one attached hydrogen (secondary N) is 1. The molecule has 0 radical (unpaired) electrons. The van der Waals surface area contributed by atoms with Gasteiger partial charge in [0, 0.05) is 19.2 Å². The monoisotopic (exact) mass is 377 g/mol. The summed E-state index contributed by atoms with van der Waals surface area (Å²) < 4.78 is 13.2. The summed E-state index contributed by atoms with van der Waals surface area (Å²) in [5, 5.41) is 2.93. The third-order valence-electron chi connectivity index (χ3n) is 4.70. The molecule has 144 valence electrons. The average molecular weight is 377 g/mol. The molecule has 0 saturated heterocycles. The zero-order valence-corrected chi connectivity index (χ0v) is 15.9. The highest BCUT2D eigenvalue weighted by atomic mass is 16.6. The van der Waals surface area contributed by atoms with Crippen molar-refractivity contribution in [3.63, 3.8) is 0 Å². The molecular formula is C22H23N3O3. The van der Waals surface area contributed by atoms with E-state index in [0.717, 1.165) is 46.9 Å². The van der Waals surface area contributed by atoms with Crippen molar-refractivity contribution in [3.05, 3.63) is 59.9 Å². The first-order valence-electron chi connectivity index (χ1n) is 9.48. The molecule has 6 heteroatoms. The Bertz CT molecular complexity index is 1020. The lowest BCUT2D eigenvalue weighted by atomic mass is 10.2. The van der Waals surface area contributed by atoms with Gasteiger partial charge < -0.3 is 19.4 Å². The van der Waals surface area contributed by atoms with Crippen molar-refractivity contribution in [3.8, 4) is 11.5 Å². The van der Waals surface area contributed by atoms with Crippen molar-refractivity contribution in [2.45, 2.75) is 19.9 Å². The molecule has 6 nitrogen and oxygen atoms in total. The van der Waals surface area contributed by atoms with Crippen LogP contribution < -0.4 is 14.8 Å². The standard InChI is InChI=1S/C22H23N3O3/c1-16-24-18-5-2-3-6-19(18)25(16)12-4-11-23-22(26)10-8-17-7-9-20-21(15-17)28-14-13-27-20/h2-3,5-10,15H,4,11-14H2,1H3,(H,23,26). The quantitative estimate of drug-likeness (QED) is 0.529. The highest BCUT2D eigenvalue weighted by molar-refractivity contribution is 5.91. The van der Waals surface area contributed by atoms with E-state index >= 15 is 0 Å². The van der Waals surface area contributed by atoms with Gasteiger partial charge in [-0.15, -0.1) is 0 Å². The Morgan fingerprint density at radius 3 is 2.89 bits per heavy atom. The van der Waals surface area contributed by atoms with E-state index in [1.165, 1.54) is 0 Å². The summed E-state index contributed by atoms with van der Waals surface area (Å²) in [5.41, 5.74) is 3.04. The fourth-order valence-electron chi connectivity index (χ4n) is 3.32. The topological polar surface area (TPSA) is 65.4 Å². The minimum Gasteiger partial charge on any atom is -0.486 e. The van der Waals surface area contributed by atoms with E-state index in [9.17, 15) is 4.79 Å². The predicted molar refractivity (Wildman–Crippen MR) is 109 cm³/mol. The zero-order valence-electron chi connectivity index (χ0n) is 15.9. The number of hydrogen-bond donors (Lipinski definition) is 1. The molecular weight excluding hydrogens is 354 g/mol. The number of aromatic nitrogens is 2. The van der Waals surface area contributed by atoms with Gasteiger partial charge in [0.15, 0.2) is 11.5 Å². The summed E-state index contributed by atoms with van der Waals surface area (Å²) in [6.07, 6.45) is 4.16. The van der Waals surface area contributed by atoms with Crippen LogP contribution in [0.1, 0.15) is 17.8 Å². The van der Waals surface area contributed by atoms with Crippen LogP contribution in [0, 0.1) is 6.92 Å². The van der Waals surface area contributed by atoms with Crippen molar-refractivity contribution in [2.75, 3.05) is 19.8 Å². The van der Waals surface area contributed by atoms with E-state index in [-0.39, 0.29) is 5.91 Å². The summed E-state index contributed by atoms with van der Waals surface area (Å²) >= 11 is 0. The zero-order chi connectivity index (χ0) is 19.3. The molecule has 4 rings (SSSR count). The van der Waals surface area contributed by atoms with E-state index in [0.29, 0.717) is 19.8 Å². The second-order valence-corrected chi connectivity index (χ2v) is 6.68. The number of hydrogen-bond acceptors (Lipinski definition) is 4. The number of aryl methyl sites for hydroxylation is 2. The molecule has 0 atom stereocenters. The van der Waals surface area contributed by atoms with Gasteiger partial charge in [-0.05, 0) is 49.2 Å². The molecule has 0 bridgehead atoms. The van der Waals surface area contributed by atoms with Crippen molar-refractivity contribution in [2.24, 2.45) is 0 Å². The molecule has 0 unspecified atom stereocenters. The highest BCUT2D eigenvalue weighted by Gasteiger charge is 2.11. The Labute approximate surface area is 163 Å². The summed E-state index contributed by atoms with van der Waals surface area (Å²) in [4.78, 5) is 16.6. The van der Waals surface area contributed by atoms with Gasteiger partial charge in [-0.25, -0.2) is 4.98 Å². The SMILES string of the molecule is Cc1nc2ccccc2n1CCCNC(=O)C=Cc1ccc2c(c1)OCCO2. The van der Waals surface area contributed by atoms with Crippen LogP contribution in [0.4, 0.5) is 0 Å². The van der Waals surface area contributed by atoms with Crippen molar-refractivity contribution >= 4 is 23.0 Å².